The molecule has 0 radical (unpaired) electrons. The molecule has 5 nitrogen and oxygen atoms in total. The molecule has 0 atom stereocenters. The van der Waals surface area contributed by atoms with Crippen LogP contribution in [0.2, 0.25) is 0 Å². The van der Waals surface area contributed by atoms with Crippen LogP contribution in [-0.4, -0.2) is 19.7 Å². The van der Waals surface area contributed by atoms with E-state index in [0.29, 0.717) is 17.5 Å². The number of anilines is 1. The average molecular weight is 398 g/mol. The van der Waals surface area contributed by atoms with Gasteiger partial charge in [0.1, 0.15) is 10.6 Å². The number of aromatic nitrogens is 4. The van der Waals surface area contributed by atoms with Gasteiger partial charge in [-0.3, -0.25) is 4.57 Å². The summed E-state index contributed by atoms with van der Waals surface area (Å²) in [5.74, 6) is 1.31. The highest BCUT2D eigenvalue weighted by Gasteiger charge is 2.31. The van der Waals surface area contributed by atoms with Gasteiger partial charge < -0.3 is 5.73 Å². The van der Waals surface area contributed by atoms with Gasteiger partial charge in [-0.2, -0.15) is 0 Å². The van der Waals surface area contributed by atoms with Crippen molar-refractivity contribution in [1.82, 2.24) is 19.7 Å². The van der Waals surface area contributed by atoms with Crippen LogP contribution >= 0.6 is 23.1 Å². The summed E-state index contributed by atoms with van der Waals surface area (Å²) in [5, 5.41) is 10.7. The van der Waals surface area contributed by atoms with Gasteiger partial charge in [-0.25, -0.2) is 9.37 Å². The van der Waals surface area contributed by atoms with Crippen molar-refractivity contribution in [3.63, 3.8) is 0 Å². The maximum atomic E-state index is 13.1. The molecule has 1 aromatic carbocycles. The number of thioether (sulfide) groups is 1. The predicted molar refractivity (Wildman–Crippen MR) is 107 cm³/mol. The standard InChI is InChI=1S/C19H16FN5S2/c20-12-5-3-11(4-6-12)10-26-19-24-23-17(25(19)13-7-8-13)16-15(21)14-2-1-9-22-18(14)27-16/h1-6,9,13H,7-8,10,21H2. The first-order chi connectivity index (χ1) is 13.2. The molecule has 0 amide bonds. The van der Waals surface area contributed by atoms with Gasteiger partial charge >= 0.3 is 0 Å². The SMILES string of the molecule is Nc1c(-c2nnc(SCc3ccc(F)cc3)n2C2CC2)sc2ncccc12. The molecule has 4 aromatic rings. The van der Waals surface area contributed by atoms with E-state index in [0.717, 1.165) is 44.5 Å². The molecule has 3 aromatic heterocycles. The number of nitrogens with zero attached hydrogens (tertiary/aromatic N) is 4. The Bertz CT molecular complexity index is 1120. The minimum absolute atomic E-state index is 0.221. The number of hydrogen-bond acceptors (Lipinski definition) is 6. The summed E-state index contributed by atoms with van der Waals surface area (Å²) in [6.45, 7) is 0. The maximum Gasteiger partial charge on any atom is 0.192 e. The van der Waals surface area contributed by atoms with E-state index in [1.54, 1.807) is 41.4 Å². The Morgan fingerprint density at radius 2 is 2.00 bits per heavy atom. The molecule has 5 rings (SSSR count). The molecule has 0 spiro atoms. The molecule has 3 heterocycles. The zero-order valence-electron chi connectivity index (χ0n) is 14.3. The van der Waals surface area contributed by atoms with Crippen LogP contribution in [-0.2, 0) is 5.75 Å². The molecular weight excluding hydrogens is 381 g/mol. The number of hydrogen-bond donors (Lipinski definition) is 1. The van der Waals surface area contributed by atoms with Crippen molar-refractivity contribution in [2.75, 3.05) is 5.73 Å². The summed E-state index contributed by atoms with van der Waals surface area (Å²) in [6.07, 6.45) is 4.02. The van der Waals surface area contributed by atoms with E-state index in [1.165, 1.54) is 12.1 Å². The second-order valence-corrected chi connectivity index (χ2v) is 8.47. The van der Waals surface area contributed by atoms with Crippen LogP contribution in [0.5, 0.6) is 0 Å². The number of nitrogens with two attached hydrogens (primary N) is 1. The molecule has 1 aliphatic carbocycles. The van der Waals surface area contributed by atoms with Crippen LogP contribution in [0, 0.1) is 5.82 Å². The van der Waals surface area contributed by atoms with Gasteiger partial charge in [0, 0.05) is 23.4 Å². The van der Waals surface area contributed by atoms with E-state index in [4.69, 9.17) is 5.73 Å². The monoisotopic (exact) mass is 397 g/mol. The fourth-order valence-corrected chi connectivity index (χ4v) is 5.04. The van der Waals surface area contributed by atoms with Gasteiger partial charge in [0.05, 0.1) is 10.6 Å². The van der Waals surface area contributed by atoms with Crippen LogP contribution < -0.4 is 5.73 Å². The van der Waals surface area contributed by atoms with Crippen molar-refractivity contribution in [2.45, 2.75) is 29.8 Å². The van der Waals surface area contributed by atoms with Crippen molar-refractivity contribution in [2.24, 2.45) is 0 Å². The molecular formula is C19H16FN5S2. The van der Waals surface area contributed by atoms with Crippen molar-refractivity contribution >= 4 is 39.0 Å². The lowest BCUT2D eigenvalue weighted by Gasteiger charge is -2.08. The number of rotatable bonds is 5. The topological polar surface area (TPSA) is 69.6 Å². The molecule has 27 heavy (non-hydrogen) atoms. The number of nitrogen functional groups attached to an aromatic ring is 1. The van der Waals surface area contributed by atoms with Crippen molar-refractivity contribution in [3.05, 3.63) is 54.0 Å². The lowest BCUT2D eigenvalue weighted by Crippen LogP contribution is -2.00. The quantitative estimate of drug-likeness (QED) is 0.485. The first kappa shape index (κ1) is 16.7. The lowest BCUT2D eigenvalue weighted by atomic mass is 10.2. The third-order valence-electron chi connectivity index (χ3n) is 4.57. The number of halogens is 1. The smallest absolute Gasteiger partial charge is 0.192 e. The van der Waals surface area contributed by atoms with Gasteiger partial charge in [-0.05, 0) is 42.7 Å². The third-order valence-corrected chi connectivity index (χ3v) is 6.71. The van der Waals surface area contributed by atoms with E-state index in [2.05, 4.69) is 19.7 Å². The summed E-state index contributed by atoms with van der Waals surface area (Å²) in [5.41, 5.74) is 8.17. The molecule has 0 aliphatic heterocycles. The largest absolute Gasteiger partial charge is 0.397 e. The fourth-order valence-electron chi connectivity index (χ4n) is 3.04. The molecule has 1 saturated carbocycles. The van der Waals surface area contributed by atoms with Crippen LogP contribution in [0.25, 0.3) is 20.9 Å². The van der Waals surface area contributed by atoms with E-state index in [9.17, 15) is 4.39 Å². The Labute approximate surface area is 163 Å². The summed E-state index contributed by atoms with van der Waals surface area (Å²) >= 11 is 3.17. The highest BCUT2D eigenvalue weighted by Crippen LogP contribution is 2.45. The Balaban J connectivity index is 1.50. The lowest BCUT2D eigenvalue weighted by molar-refractivity contribution is 0.627. The third kappa shape index (κ3) is 3.08. The Morgan fingerprint density at radius 1 is 1.19 bits per heavy atom. The van der Waals surface area contributed by atoms with E-state index in [1.807, 2.05) is 12.1 Å². The second-order valence-electron chi connectivity index (χ2n) is 6.52. The first-order valence-electron chi connectivity index (χ1n) is 8.66. The van der Waals surface area contributed by atoms with Crippen LogP contribution in [0.4, 0.5) is 10.1 Å². The van der Waals surface area contributed by atoms with E-state index >= 15 is 0 Å². The van der Waals surface area contributed by atoms with Crippen LogP contribution in [0.15, 0.2) is 47.8 Å². The zero-order chi connectivity index (χ0) is 18.4. The summed E-state index contributed by atoms with van der Waals surface area (Å²) < 4.78 is 15.3. The van der Waals surface area contributed by atoms with Crippen molar-refractivity contribution in [1.29, 1.82) is 0 Å². The number of thiophene rings is 1. The molecule has 0 saturated heterocycles. The molecule has 0 unspecified atom stereocenters. The summed E-state index contributed by atoms with van der Waals surface area (Å²) in [4.78, 5) is 6.25. The van der Waals surface area contributed by atoms with Crippen LogP contribution in [0.3, 0.4) is 0 Å². The molecule has 0 bridgehead atoms. The summed E-state index contributed by atoms with van der Waals surface area (Å²) in [7, 11) is 0. The van der Waals surface area contributed by atoms with Crippen LogP contribution in [0.1, 0.15) is 24.4 Å². The van der Waals surface area contributed by atoms with Crippen molar-refractivity contribution < 1.29 is 4.39 Å². The first-order valence-corrected chi connectivity index (χ1v) is 10.5. The van der Waals surface area contributed by atoms with E-state index in [-0.39, 0.29) is 5.82 Å². The molecule has 1 aliphatic rings. The maximum absolute atomic E-state index is 13.1. The van der Waals surface area contributed by atoms with Gasteiger partial charge in [-0.15, -0.1) is 21.5 Å². The van der Waals surface area contributed by atoms with Gasteiger partial charge in [0.2, 0.25) is 0 Å². The highest BCUT2D eigenvalue weighted by atomic mass is 32.2. The molecule has 136 valence electrons. The Morgan fingerprint density at radius 3 is 2.74 bits per heavy atom. The summed E-state index contributed by atoms with van der Waals surface area (Å²) in [6, 6.07) is 10.9. The molecule has 2 N–H and O–H groups in total. The van der Waals surface area contributed by atoms with Gasteiger partial charge in [0.15, 0.2) is 11.0 Å². The molecule has 8 heteroatoms. The normalized spacial score (nSPS) is 14.1. The van der Waals surface area contributed by atoms with Gasteiger partial charge in [-0.1, -0.05) is 23.9 Å². The highest BCUT2D eigenvalue weighted by molar-refractivity contribution is 7.98. The van der Waals surface area contributed by atoms with Crippen molar-refractivity contribution in [3.8, 4) is 10.7 Å². The number of pyridine rings is 1. The minimum atomic E-state index is -0.221. The Kier molecular flexibility index (Phi) is 4.09. The molecule has 1 fully saturated rings. The second kappa shape index (κ2) is 6.61. The Hall–Kier alpha value is -2.45. The van der Waals surface area contributed by atoms with E-state index < -0.39 is 0 Å². The number of fused-ring (bicyclic) bond motifs is 1. The van der Waals surface area contributed by atoms with Gasteiger partial charge in [0.25, 0.3) is 0 Å². The minimum Gasteiger partial charge on any atom is -0.397 e. The number of benzene rings is 1. The predicted octanol–water partition coefficient (Wildman–Crippen LogP) is 4.90. The average Bonchev–Trinajstić information content (AvgIpc) is 3.36. The zero-order valence-corrected chi connectivity index (χ0v) is 15.9. The fraction of sp³-hybridized carbons (Fsp3) is 0.211.